The van der Waals surface area contributed by atoms with Crippen molar-refractivity contribution in [3.63, 3.8) is 0 Å². The van der Waals surface area contributed by atoms with E-state index in [1.807, 2.05) is 0 Å². The maximum atomic E-state index is 11.8. The molecule has 47 heavy (non-hydrogen) atoms. The fourth-order valence-electron chi connectivity index (χ4n) is 6.87. The van der Waals surface area contributed by atoms with Crippen molar-refractivity contribution in [2.24, 2.45) is 5.92 Å². The summed E-state index contributed by atoms with van der Waals surface area (Å²) >= 11 is 0. The molecule has 7 N–H and O–H groups in total. The molecule has 2 aliphatic heterocycles. The number of aliphatic hydroxyl groups is 7. The maximum absolute atomic E-state index is 11.8. The number of methoxy groups -OCH3 is 1. The zero-order chi connectivity index (χ0) is 34.6. The first-order chi connectivity index (χ1) is 22.7. The lowest BCUT2D eigenvalue weighted by Crippen LogP contribution is -2.65. The molecule has 0 bridgehead atoms. The van der Waals surface area contributed by atoms with Crippen LogP contribution in [0.1, 0.15) is 129 Å². The Morgan fingerprint density at radius 2 is 1.13 bits per heavy atom. The molecular weight excluding hydrogens is 612 g/mol. The van der Waals surface area contributed by atoms with Gasteiger partial charge in [0.15, 0.2) is 6.29 Å². The highest BCUT2D eigenvalue weighted by atomic mass is 16.7. The van der Waals surface area contributed by atoms with E-state index in [-0.39, 0.29) is 18.3 Å². The molecule has 0 saturated carbocycles. The number of carbonyl (C=O) groups is 1. The van der Waals surface area contributed by atoms with E-state index in [4.69, 9.17) is 18.9 Å². The van der Waals surface area contributed by atoms with Crippen LogP contribution < -0.4 is 0 Å². The second-order valence-corrected chi connectivity index (χ2v) is 13.6. The average Bonchev–Trinajstić information content (AvgIpc) is 3.07. The number of rotatable bonds is 25. The van der Waals surface area contributed by atoms with Gasteiger partial charge < -0.3 is 54.7 Å². The summed E-state index contributed by atoms with van der Waals surface area (Å²) in [6.45, 7) is 1.02. The van der Waals surface area contributed by atoms with Crippen molar-refractivity contribution in [2.45, 2.75) is 190 Å². The molecule has 278 valence electrons. The third-order valence-electron chi connectivity index (χ3n) is 9.87. The molecule has 2 heterocycles. The van der Waals surface area contributed by atoms with Crippen LogP contribution in [0.15, 0.2) is 0 Å². The van der Waals surface area contributed by atoms with Crippen molar-refractivity contribution in [2.75, 3.05) is 20.3 Å². The summed E-state index contributed by atoms with van der Waals surface area (Å²) in [4.78, 5) is 11.8. The second kappa shape index (κ2) is 24.3. The molecule has 0 aromatic rings. The van der Waals surface area contributed by atoms with Gasteiger partial charge in [-0.3, -0.25) is 4.79 Å². The van der Waals surface area contributed by atoms with E-state index in [1.165, 1.54) is 84.2 Å². The molecule has 2 fully saturated rings. The number of hydrogen-bond donors (Lipinski definition) is 7. The van der Waals surface area contributed by atoms with Crippen LogP contribution >= 0.6 is 0 Å². The van der Waals surface area contributed by atoms with E-state index in [0.717, 1.165) is 19.3 Å². The summed E-state index contributed by atoms with van der Waals surface area (Å²) in [5.41, 5.74) is 0. The molecule has 2 saturated heterocycles. The van der Waals surface area contributed by atoms with Gasteiger partial charge in [0.1, 0.15) is 48.8 Å². The van der Waals surface area contributed by atoms with E-state index < -0.39 is 74.4 Å². The minimum absolute atomic E-state index is 0.212. The predicted octanol–water partition coefficient (Wildman–Crippen LogP) is 2.87. The van der Waals surface area contributed by atoms with Gasteiger partial charge >= 0.3 is 5.97 Å². The lowest BCUT2D eigenvalue weighted by Gasteiger charge is -2.47. The molecule has 1 unspecified atom stereocenters. The average molecular weight is 679 g/mol. The summed E-state index contributed by atoms with van der Waals surface area (Å²) in [5.74, 6) is -0.546. The molecule has 2 aliphatic rings. The fourth-order valence-corrected chi connectivity index (χ4v) is 6.87. The summed E-state index contributed by atoms with van der Waals surface area (Å²) in [7, 11) is 1.33. The number of unbranched alkanes of at least 4 members (excludes halogenated alkanes) is 14. The Kier molecular flexibility index (Phi) is 21.8. The zero-order valence-electron chi connectivity index (χ0n) is 28.9. The molecule has 0 aromatic heterocycles. The molecule has 0 aromatic carbocycles. The van der Waals surface area contributed by atoms with Gasteiger partial charge in [-0.15, -0.1) is 0 Å². The quantitative estimate of drug-likeness (QED) is 0.0552. The van der Waals surface area contributed by atoms with Crippen molar-refractivity contribution in [1.29, 1.82) is 0 Å². The van der Waals surface area contributed by atoms with E-state index in [2.05, 4.69) is 6.92 Å². The van der Waals surface area contributed by atoms with Gasteiger partial charge in [-0.2, -0.15) is 0 Å². The van der Waals surface area contributed by atoms with E-state index >= 15 is 0 Å². The van der Waals surface area contributed by atoms with Crippen molar-refractivity contribution in [3.8, 4) is 0 Å². The van der Waals surface area contributed by atoms with Crippen molar-refractivity contribution in [1.82, 2.24) is 0 Å². The molecule has 0 aliphatic carbocycles. The summed E-state index contributed by atoms with van der Waals surface area (Å²) in [5, 5.41) is 72.6. The number of ether oxygens (including phenoxy) is 4. The van der Waals surface area contributed by atoms with E-state index in [0.29, 0.717) is 19.3 Å². The Bertz CT molecular complexity index is 799. The highest BCUT2D eigenvalue weighted by molar-refractivity contribution is 5.68. The standard InChI is InChI=1S/C35H66O12/c1-3-4-5-6-7-8-9-10-11-12-13-14-15-16-17-19-24(20-18-21-27(38)44-2)33-30(41)31(42)34(26(23-37)45-33)47-35-32(43)29(40)28(39)25(22-36)46-35/h24-26,28-37,39-43H,3-23H2,1-2H3/t24?,25-,26-,28-,29+,30-,31-,32-,33+,34+,35-/m1/s1. The van der Waals surface area contributed by atoms with Gasteiger partial charge in [0, 0.05) is 6.42 Å². The van der Waals surface area contributed by atoms with Gasteiger partial charge in [-0.05, 0) is 25.2 Å². The van der Waals surface area contributed by atoms with Crippen LogP contribution in [0.5, 0.6) is 0 Å². The highest BCUT2D eigenvalue weighted by Crippen LogP contribution is 2.35. The monoisotopic (exact) mass is 678 g/mol. The maximum Gasteiger partial charge on any atom is 0.305 e. The Labute approximate surface area is 281 Å². The number of esters is 1. The first kappa shape index (κ1) is 42.2. The molecule has 0 spiro atoms. The number of hydrogen-bond acceptors (Lipinski definition) is 12. The summed E-state index contributed by atoms with van der Waals surface area (Å²) in [6, 6.07) is 0. The van der Waals surface area contributed by atoms with Crippen LogP contribution in [0, 0.1) is 5.92 Å². The van der Waals surface area contributed by atoms with Crippen LogP contribution in [0.2, 0.25) is 0 Å². The second-order valence-electron chi connectivity index (χ2n) is 13.6. The summed E-state index contributed by atoms with van der Waals surface area (Å²) < 4.78 is 22.0. The Balaban J connectivity index is 1.85. The minimum Gasteiger partial charge on any atom is -0.469 e. The first-order valence-corrected chi connectivity index (χ1v) is 18.3. The van der Waals surface area contributed by atoms with Gasteiger partial charge in [0.25, 0.3) is 0 Å². The molecule has 0 radical (unpaired) electrons. The predicted molar refractivity (Wildman–Crippen MR) is 175 cm³/mol. The first-order valence-electron chi connectivity index (χ1n) is 18.3. The molecule has 12 heteroatoms. The summed E-state index contributed by atoms with van der Waals surface area (Å²) in [6.07, 6.45) is 6.67. The van der Waals surface area contributed by atoms with Crippen LogP contribution in [-0.4, -0.2) is 123 Å². The molecular formula is C35H66O12. The normalized spacial score (nSPS) is 31.9. The lowest BCUT2D eigenvalue weighted by molar-refractivity contribution is -0.344. The smallest absolute Gasteiger partial charge is 0.305 e. The minimum atomic E-state index is -1.72. The Morgan fingerprint density at radius 3 is 1.64 bits per heavy atom. The third kappa shape index (κ3) is 14.4. The van der Waals surface area contributed by atoms with E-state index in [1.54, 1.807) is 0 Å². The van der Waals surface area contributed by atoms with Crippen LogP contribution in [-0.2, 0) is 23.7 Å². The fraction of sp³-hybridized carbons (Fsp3) is 0.971. The third-order valence-corrected chi connectivity index (χ3v) is 9.87. The molecule has 12 nitrogen and oxygen atoms in total. The Hall–Kier alpha value is -0.930. The van der Waals surface area contributed by atoms with Crippen molar-refractivity contribution < 1.29 is 59.5 Å². The molecule has 0 amide bonds. The number of carbonyl (C=O) groups excluding carboxylic acids is 1. The van der Waals surface area contributed by atoms with Gasteiger partial charge in [0.05, 0.1) is 26.4 Å². The molecule has 11 atom stereocenters. The molecule has 2 rings (SSSR count). The van der Waals surface area contributed by atoms with Crippen LogP contribution in [0.3, 0.4) is 0 Å². The van der Waals surface area contributed by atoms with Gasteiger partial charge in [0.2, 0.25) is 0 Å². The highest BCUT2D eigenvalue weighted by Gasteiger charge is 2.51. The van der Waals surface area contributed by atoms with Crippen LogP contribution in [0.25, 0.3) is 0 Å². The Morgan fingerprint density at radius 1 is 0.617 bits per heavy atom. The van der Waals surface area contributed by atoms with Gasteiger partial charge in [-0.1, -0.05) is 103 Å². The largest absolute Gasteiger partial charge is 0.469 e. The topological polar surface area (TPSA) is 196 Å². The zero-order valence-corrected chi connectivity index (χ0v) is 28.9. The van der Waals surface area contributed by atoms with E-state index in [9.17, 15) is 40.5 Å². The van der Waals surface area contributed by atoms with Crippen molar-refractivity contribution in [3.05, 3.63) is 0 Å². The lowest BCUT2D eigenvalue weighted by atomic mass is 9.82. The van der Waals surface area contributed by atoms with Crippen molar-refractivity contribution >= 4 is 5.97 Å². The van der Waals surface area contributed by atoms with Gasteiger partial charge in [-0.25, -0.2) is 0 Å². The SMILES string of the molecule is CCCCCCCCCCCCCCCCCC(CCCC(=O)OC)[C@@H]1O[C@H](CO)[C@H](O[C@H]2O[C@H](CO)[C@@H](O)[C@H](O)[C@H]2O)[C@H](O)[C@H]1O. The number of aliphatic hydroxyl groups excluding tert-OH is 7. The van der Waals surface area contributed by atoms with Crippen LogP contribution in [0.4, 0.5) is 0 Å².